The highest BCUT2D eigenvalue weighted by molar-refractivity contribution is 5.38. The number of aromatic nitrogens is 4. The van der Waals surface area contributed by atoms with E-state index in [0.717, 1.165) is 38.5 Å². The van der Waals surface area contributed by atoms with Gasteiger partial charge in [-0.1, -0.05) is 0 Å². The molecule has 2 aromatic rings. The number of hydrogen-bond donors (Lipinski definition) is 0. The van der Waals surface area contributed by atoms with Crippen molar-refractivity contribution >= 4 is 5.95 Å². The lowest BCUT2D eigenvalue weighted by atomic mass is 9.98. The Balaban J connectivity index is 1.43. The lowest BCUT2D eigenvalue weighted by Gasteiger charge is -2.36. The number of rotatable bonds is 4. The second-order valence-corrected chi connectivity index (χ2v) is 8.35. The summed E-state index contributed by atoms with van der Waals surface area (Å²) in [6.07, 6.45) is 8.22. The van der Waals surface area contributed by atoms with Gasteiger partial charge in [0.1, 0.15) is 0 Å². The first kappa shape index (κ1) is 17.2. The van der Waals surface area contributed by atoms with E-state index < -0.39 is 0 Å². The first-order valence-electron chi connectivity index (χ1n) is 10.5. The molecular formula is C21H30N6. The molecule has 0 aromatic carbocycles. The predicted molar refractivity (Wildman–Crippen MR) is 106 cm³/mol. The van der Waals surface area contributed by atoms with E-state index in [4.69, 9.17) is 15.1 Å². The van der Waals surface area contributed by atoms with Crippen LogP contribution in [0, 0.1) is 13.8 Å². The van der Waals surface area contributed by atoms with Gasteiger partial charge in [-0.15, -0.1) is 0 Å². The Hall–Kier alpha value is -1.95. The number of nitrogens with zero attached hydrogens (tertiary/aromatic N) is 6. The minimum absolute atomic E-state index is 0.468. The Labute approximate surface area is 161 Å². The van der Waals surface area contributed by atoms with Crippen LogP contribution in [0.3, 0.4) is 0 Å². The first-order chi connectivity index (χ1) is 13.2. The summed E-state index contributed by atoms with van der Waals surface area (Å²) in [6.45, 7) is 10.7. The van der Waals surface area contributed by atoms with E-state index in [1.165, 1.54) is 53.9 Å². The Kier molecular flexibility index (Phi) is 4.19. The van der Waals surface area contributed by atoms with Gasteiger partial charge in [-0.2, -0.15) is 5.10 Å². The van der Waals surface area contributed by atoms with Crippen molar-refractivity contribution in [2.45, 2.75) is 78.0 Å². The molecule has 3 aliphatic rings. The summed E-state index contributed by atoms with van der Waals surface area (Å²) in [6, 6.07) is 1.07. The Bertz CT molecular complexity index is 851. The molecule has 2 unspecified atom stereocenters. The van der Waals surface area contributed by atoms with Crippen LogP contribution < -0.4 is 4.90 Å². The van der Waals surface area contributed by atoms with Crippen molar-refractivity contribution in [3.05, 3.63) is 34.4 Å². The van der Waals surface area contributed by atoms with Gasteiger partial charge in [0, 0.05) is 67.7 Å². The third-order valence-corrected chi connectivity index (χ3v) is 6.88. The molecule has 5 rings (SSSR count). The van der Waals surface area contributed by atoms with E-state index in [1.54, 1.807) is 0 Å². The third kappa shape index (κ3) is 2.76. The zero-order valence-electron chi connectivity index (χ0n) is 16.8. The summed E-state index contributed by atoms with van der Waals surface area (Å²) in [5, 5.41) is 4.72. The Morgan fingerprint density at radius 1 is 1.15 bits per heavy atom. The molecule has 0 spiro atoms. The maximum absolute atomic E-state index is 5.00. The molecule has 6 heteroatoms. The molecule has 2 saturated heterocycles. The van der Waals surface area contributed by atoms with E-state index >= 15 is 0 Å². The molecule has 144 valence electrons. The van der Waals surface area contributed by atoms with Crippen molar-refractivity contribution in [1.29, 1.82) is 0 Å². The normalized spacial score (nSPS) is 24.6. The standard InChI is InChI=1S/C21H30N6/c1-4-27-15(3)18(14(2)24-27)13-26-16-7-8-20(26)17-12-22-21(23-19(17)11-16)25-9-5-6-10-25/h12,16,20H,4-11,13H2,1-3H3. The van der Waals surface area contributed by atoms with Gasteiger partial charge in [0.25, 0.3) is 0 Å². The van der Waals surface area contributed by atoms with Crippen LogP contribution in [0.1, 0.15) is 66.9 Å². The molecule has 0 saturated carbocycles. The second kappa shape index (κ2) is 6.59. The molecular weight excluding hydrogens is 336 g/mol. The Morgan fingerprint density at radius 2 is 1.96 bits per heavy atom. The number of aryl methyl sites for hydroxylation is 2. The van der Waals surface area contributed by atoms with E-state index in [-0.39, 0.29) is 0 Å². The van der Waals surface area contributed by atoms with E-state index in [0.29, 0.717) is 12.1 Å². The summed E-state index contributed by atoms with van der Waals surface area (Å²) >= 11 is 0. The maximum atomic E-state index is 5.00. The van der Waals surface area contributed by atoms with E-state index in [9.17, 15) is 0 Å². The van der Waals surface area contributed by atoms with Crippen LogP contribution in [-0.2, 0) is 19.5 Å². The number of fused-ring (bicyclic) bond motifs is 4. The molecule has 6 nitrogen and oxygen atoms in total. The van der Waals surface area contributed by atoms with Crippen LogP contribution in [0.15, 0.2) is 6.20 Å². The molecule has 2 aromatic heterocycles. The fraction of sp³-hybridized carbons (Fsp3) is 0.667. The van der Waals surface area contributed by atoms with Gasteiger partial charge in [-0.05, 0) is 46.5 Å². The summed E-state index contributed by atoms with van der Waals surface area (Å²) in [7, 11) is 0. The third-order valence-electron chi connectivity index (χ3n) is 6.88. The molecule has 2 bridgehead atoms. The van der Waals surface area contributed by atoms with E-state index in [2.05, 4.69) is 41.4 Å². The SMILES string of the molecule is CCn1nc(C)c(CN2C3CCC2c2cnc(N4CCCC4)nc2C3)c1C. The molecule has 3 aliphatic heterocycles. The zero-order chi connectivity index (χ0) is 18.5. The average Bonchev–Trinajstić information content (AvgIpc) is 3.36. The van der Waals surface area contributed by atoms with Gasteiger partial charge in [0.05, 0.1) is 11.4 Å². The second-order valence-electron chi connectivity index (χ2n) is 8.35. The molecule has 27 heavy (non-hydrogen) atoms. The zero-order valence-corrected chi connectivity index (χ0v) is 16.8. The Morgan fingerprint density at radius 3 is 2.70 bits per heavy atom. The molecule has 5 heterocycles. The van der Waals surface area contributed by atoms with Crippen molar-refractivity contribution in [2.24, 2.45) is 0 Å². The van der Waals surface area contributed by atoms with Gasteiger partial charge in [-0.3, -0.25) is 9.58 Å². The van der Waals surface area contributed by atoms with Gasteiger partial charge >= 0.3 is 0 Å². The van der Waals surface area contributed by atoms with Gasteiger partial charge < -0.3 is 4.90 Å². The van der Waals surface area contributed by atoms with Crippen LogP contribution >= 0.6 is 0 Å². The molecule has 2 fully saturated rings. The summed E-state index contributed by atoms with van der Waals surface area (Å²) in [5.41, 5.74) is 6.58. The van der Waals surface area contributed by atoms with Crippen molar-refractivity contribution in [1.82, 2.24) is 24.6 Å². The first-order valence-corrected chi connectivity index (χ1v) is 10.5. The predicted octanol–water partition coefficient (Wildman–Crippen LogP) is 3.17. The highest BCUT2D eigenvalue weighted by Gasteiger charge is 2.41. The summed E-state index contributed by atoms with van der Waals surface area (Å²) < 4.78 is 2.13. The fourth-order valence-electron chi connectivity index (χ4n) is 5.33. The van der Waals surface area contributed by atoms with Gasteiger partial charge in [0.15, 0.2) is 0 Å². The lowest BCUT2D eigenvalue weighted by Crippen LogP contribution is -2.38. The quantitative estimate of drug-likeness (QED) is 0.832. The van der Waals surface area contributed by atoms with Crippen molar-refractivity contribution in [3.63, 3.8) is 0 Å². The van der Waals surface area contributed by atoms with Gasteiger partial charge in [-0.25, -0.2) is 9.97 Å². The van der Waals surface area contributed by atoms with Crippen LogP contribution in [0.4, 0.5) is 5.95 Å². The highest BCUT2D eigenvalue weighted by Crippen LogP contribution is 2.44. The summed E-state index contributed by atoms with van der Waals surface area (Å²) in [4.78, 5) is 14.8. The number of anilines is 1. The van der Waals surface area contributed by atoms with E-state index in [1.807, 2.05) is 0 Å². The number of hydrogen-bond acceptors (Lipinski definition) is 5. The topological polar surface area (TPSA) is 50.1 Å². The summed E-state index contributed by atoms with van der Waals surface area (Å²) in [5.74, 6) is 0.954. The average molecular weight is 367 g/mol. The van der Waals surface area contributed by atoms with Crippen LogP contribution in [-0.4, -0.2) is 43.8 Å². The minimum Gasteiger partial charge on any atom is -0.341 e. The lowest BCUT2D eigenvalue weighted by molar-refractivity contribution is 0.165. The molecule has 0 amide bonds. The largest absolute Gasteiger partial charge is 0.341 e. The molecule has 0 N–H and O–H groups in total. The monoisotopic (exact) mass is 366 g/mol. The van der Waals surface area contributed by atoms with Crippen LogP contribution in [0.25, 0.3) is 0 Å². The van der Waals surface area contributed by atoms with Crippen molar-refractivity contribution in [2.75, 3.05) is 18.0 Å². The van der Waals surface area contributed by atoms with Crippen LogP contribution in [0.2, 0.25) is 0 Å². The smallest absolute Gasteiger partial charge is 0.225 e. The minimum atomic E-state index is 0.468. The molecule has 2 atom stereocenters. The molecule has 0 aliphatic carbocycles. The maximum Gasteiger partial charge on any atom is 0.225 e. The highest BCUT2D eigenvalue weighted by atomic mass is 15.3. The van der Waals surface area contributed by atoms with Crippen molar-refractivity contribution in [3.8, 4) is 0 Å². The van der Waals surface area contributed by atoms with Crippen LogP contribution in [0.5, 0.6) is 0 Å². The molecule has 0 radical (unpaired) electrons. The van der Waals surface area contributed by atoms with Crippen molar-refractivity contribution < 1.29 is 0 Å². The van der Waals surface area contributed by atoms with Gasteiger partial charge in [0.2, 0.25) is 5.95 Å². The fourth-order valence-corrected chi connectivity index (χ4v) is 5.33.